The molecule has 6 aromatic rings. The van der Waals surface area contributed by atoms with Crippen LogP contribution in [0.25, 0.3) is 32.8 Å². The number of halogens is 1. The van der Waals surface area contributed by atoms with Crippen LogP contribution in [0.2, 0.25) is 5.02 Å². The standard InChI is InChI=1S/C42H43ClN4O5/c1-2-35-39-36(47(44-35)19-18-45-20-23-50-24-21-45)27-51-26-30-11-4-3-10-29(30)25-46-40-33(16-17-34(43)38(39)40)32(41(46)42(48)49)14-8-22-52-37-15-7-12-28-9-5-6-13-31(28)37/h3-7,9-13,15-17H,2,8,14,18-27H2,1H3,(H,48,49). The fourth-order valence-electron chi connectivity index (χ4n) is 7.90. The maximum Gasteiger partial charge on any atom is 0.352 e. The number of aromatic nitrogens is 3. The first-order chi connectivity index (χ1) is 25.5. The number of carboxylic acids is 1. The van der Waals surface area contributed by atoms with Gasteiger partial charge in [0, 0.05) is 48.1 Å². The van der Waals surface area contributed by atoms with Crippen molar-refractivity contribution in [3.05, 3.63) is 118 Å². The van der Waals surface area contributed by atoms with E-state index in [2.05, 4.69) is 46.8 Å². The number of fused-ring (bicyclic) bond motifs is 4. The highest BCUT2D eigenvalue weighted by Crippen LogP contribution is 2.43. The highest BCUT2D eigenvalue weighted by Gasteiger charge is 2.30. The van der Waals surface area contributed by atoms with Gasteiger partial charge in [0.2, 0.25) is 0 Å². The summed E-state index contributed by atoms with van der Waals surface area (Å²) in [6.07, 6.45) is 1.84. The molecule has 1 fully saturated rings. The summed E-state index contributed by atoms with van der Waals surface area (Å²) in [5.74, 6) is -0.143. The predicted octanol–water partition coefficient (Wildman–Crippen LogP) is 7.99. The molecule has 4 aromatic carbocycles. The van der Waals surface area contributed by atoms with Gasteiger partial charge < -0.3 is 23.9 Å². The lowest BCUT2D eigenvalue weighted by Crippen LogP contribution is -2.38. The van der Waals surface area contributed by atoms with E-state index in [1.165, 1.54) is 0 Å². The zero-order chi connectivity index (χ0) is 35.6. The Bertz CT molecular complexity index is 2250. The van der Waals surface area contributed by atoms with Gasteiger partial charge in [-0.05, 0) is 53.5 Å². The van der Waals surface area contributed by atoms with Crippen molar-refractivity contribution in [2.24, 2.45) is 0 Å². The molecule has 2 aromatic heterocycles. The van der Waals surface area contributed by atoms with Crippen molar-refractivity contribution in [3.63, 3.8) is 0 Å². The van der Waals surface area contributed by atoms with E-state index < -0.39 is 5.97 Å². The summed E-state index contributed by atoms with van der Waals surface area (Å²) in [5.41, 5.74) is 7.53. The second-order valence-corrected chi connectivity index (χ2v) is 13.9. The van der Waals surface area contributed by atoms with Gasteiger partial charge in [0.25, 0.3) is 0 Å². The second-order valence-electron chi connectivity index (χ2n) is 13.5. The van der Waals surface area contributed by atoms with Crippen LogP contribution in [0.1, 0.15) is 51.9 Å². The number of hydrogen-bond acceptors (Lipinski definition) is 6. The quantitative estimate of drug-likeness (QED) is 0.144. The molecule has 1 saturated heterocycles. The van der Waals surface area contributed by atoms with Gasteiger partial charge in [-0.15, -0.1) is 0 Å². The van der Waals surface area contributed by atoms with Crippen molar-refractivity contribution in [1.29, 1.82) is 0 Å². The molecule has 0 amide bonds. The van der Waals surface area contributed by atoms with Crippen LogP contribution in [0.15, 0.2) is 78.9 Å². The Morgan fingerprint density at radius 3 is 2.50 bits per heavy atom. The molecule has 8 rings (SSSR count). The van der Waals surface area contributed by atoms with Crippen LogP contribution in [0.5, 0.6) is 5.75 Å². The number of carboxylic acid groups (broad SMARTS) is 1. The zero-order valence-corrected chi connectivity index (χ0v) is 30.2. The molecule has 52 heavy (non-hydrogen) atoms. The number of morpholine rings is 1. The third-order valence-electron chi connectivity index (χ3n) is 10.4. The number of hydrogen-bond donors (Lipinski definition) is 1. The second kappa shape index (κ2) is 15.1. The maximum atomic E-state index is 13.4. The molecule has 268 valence electrons. The molecule has 2 aliphatic heterocycles. The van der Waals surface area contributed by atoms with Crippen LogP contribution in [-0.4, -0.2) is 69.8 Å². The van der Waals surface area contributed by atoms with Crippen LogP contribution in [-0.2, 0) is 48.6 Å². The molecular weight excluding hydrogens is 676 g/mol. The molecule has 2 aliphatic rings. The Morgan fingerprint density at radius 1 is 0.885 bits per heavy atom. The average Bonchev–Trinajstić information content (AvgIpc) is 3.67. The van der Waals surface area contributed by atoms with Gasteiger partial charge in [0.05, 0.1) is 61.5 Å². The summed E-state index contributed by atoms with van der Waals surface area (Å²) in [6, 6.07) is 26.3. The van der Waals surface area contributed by atoms with E-state index in [-0.39, 0.29) is 5.69 Å². The molecular formula is C42H43ClN4O5. The molecule has 4 heterocycles. The van der Waals surface area contributed by atoms with Crippen LogP contribution in [0, 0.1) is 0 Å². The lowest BCUT2D eigenvalue weighted by atomic mass is 9.97. The van der Waals surface area contributed by atoms with E-state index >= 15 is 0 Å². The number of carbonyl (C=O) groups is 1. The zero-order valence-electron chi connectivity index (χ0n) is 29.4. The van der Waals surface area contributed by atoms with Crippen molar-refractivity contribution in [1.82, 2.24) is 19.2 Å². The highest BCUT2D eigenvalue weighted by molar-refractivity contribution is 6.35. The number of aromatic carboxylic acids is 1. The Hall–Kier alpha value is -4.67. The topological polar surface area (TPSA) is 91.0 Å². The van der Waals surface area contributed by atoms with Crippen LogP contribution < -0.4 is 4.74 Å². The first kappa shape index (κ1) is 34.4. The van der Waals surface area contributed by atoms with Crippen molar-refractivity contribution in [2.75, 3.05) is 39.5 Å². The molecule has 0 bridgehead atoms. The van der Waals surface area contributed by atoms with E-state index in [1.54, 1.807) is 0 Å². The van der Waals surface area contributed by atoms with Crippen molar-refractivity contribution in [2.45, 2.75) is 52.5 Å². The molecule has 0 unspecified atom stereocenters. The number of benzene rings is 4. The van der Waals surface area contributed by atoms with E-state index in [0.29, 0.717) is 57.2 Å². The van der Waals surface area contributed by atoms with E-state index in [4.69, 9.17) is 30.9 Å². The van der Waals surface area contributed by atoms with Gasteiger partial charge in [-0.1, -0.05) is 85.3 Å². The van der Waals surface area contributed by atoms with Gasteiger partial charge in [-0.25, -0.2) is 4.79 Å². The van der Waals surface area contributed by atoms with Gasteiger partial charge in [0.1, 0.15) is 11.4 Å². The summed E-state index contributed by atoms with van der Waals surface area (Å²) < 4.78 is 22.4. The highest BCUT2D eigenvalue weighted by atomic mass is 35.5. The minimum atomic E-state index is -0.969. The minimum absolute atomic E-state index is 0.276. The molecule has 10 heteroatoms. The van der Waals surface area contributed by atoms with Gasteiger partial charge in [-0.2, -0.15) is 5.10 Å². The van der Waals surface area contributed by atoms with Crippen LogP contribution in [0.4, 0.5) is 0 Å². The third-order valence-corrected chi connectivity index (χ3v) is 10.8. The lowest BCUT2D eigenvalue weighted by molar-refractivity contribution is 0.0354. The number of rotatable bonds is 10. The van der Waals surface area contributed by atoms with Crippen LogP contribution in [0.3, 0.4) is 0 Å². The van der Waals surface area contributed by atoms with Crippen molar-refractivity contribution < 1.29 is 24.1 Å². The average molecular weight is 719 g/mol. The molecule has 0 aliphatic carbocycles. The summed E-state index contributed by atoms with van der Waals surface area (Å²) in [7, 11) is 0. The van der Waals surface area contributed by atoms with E-state index in [0.717, 1.165) is 99.5 Å². The fourth-order valence-corrected chi connectivity index (χ4v) is 8.15. The Labute approximate surface area is 308 Å². The number of ether oxygens (including phenoxy) is 3. The first-order valence-corrected chi connectivity index (χ1v) is 18.6. The van der Waals surface area contributed by atoms with Crippen molar-refractivity contribution >= 4 is 39.2 Å². The van der Waals surface area contributed by atoms with Gasteiger partial charge in [0.15, 0.2) is 0 Å². The lowest BCUT2D eigenvalue weighted by Gasteiger charge is -2.26. The summed E-state index contributed by atoms with van der Waals surface area (Å²) in [5, 5.41) is 19.7. The summed E-state index contributed by atoms with van der Waals surface area (Å²) in [6.45, 7) is 8.43. The van der Waals surface area contributed by atoms with Gasteiger partial charge in [-0.3, -0.25) is 9.58 Å². The predicted molar refractivity (Wildman–Crippen MR) is 204 cm³/mol. The largest absolute Gasteiger partial charge is 0.493 e. The minimum Gasteiger partial charge on any atom is -0.493 e. The fraction of sp³-hybridized carbons (Fsp3) is 0.333. The number of aryl methyl sites for hydroxylation is 2. The Morgan fingerprint density at radius 2 is 1.67 bits per heavy atom. The number of nitrogens with zero attached hydrogens (tertiary/aromatic N) is 4. The van der Waals surface area contributed by atoms with E-state index in [9.17, 15) is 9.90 Å². The molecule has 1 N–H and O–H groups in total. The van der Waals surface area contributed by atoms with Crippen molar-refractivity contribution in [3.8, 4) is 16.9 Å². The van der Waals surface area contributed by atoms with E-state index in [1.807, 2.05) is 53.1 Å². The molecule has 0 atom stereocenters. The SMILES string of the molecule is CCc1nn(CCN2CCOCC2)c2c1-c1c(Cl)ccc3c(CCCOc4cccc5ccccc45)c(C(=O)O)n(c13)Cc1ccccc1COC2. The van der Waals surface area contributed by atoms with Crippen LogP contribution >= 0.6 is 11.6 Å². The third kappa shape index (κ3) is 6.58. The Balaban J connectivity index is 1.24. The molecule has 9 nitrogen and oxygen atoms in total. The molecule has 0 saturated carbocycles. The summed E-state index contributed by atoms with van der Waals surface area (Å²) in [4.78, 5) is 15.8. The van der Waals surface area contributed by atoms with Gasteiger partial charge >= 0.3 is 5.97 Å². The maximum absolute atomic E-state index is 13.4. The molecule has 0 radical (unpaired) electrons. The Kier molecular flexibility index (Phi) is 10.0. The monoisotopic (exact) mass is 718 g/mol. The first-order valence-electron chi connectivity index (χ1n) is 18.2. The smallest absolute Gasteiger partial charge is 0.352 e. The normalized spacial score (nSPS) is 15.0. The summed E-state index contributed by atoms with van der Waals surface area (Å²) >= 11 is 7.24. The molecule has 0 spiro atoms.